The van der Waals surface area contributed by atoms with Crippen molar-refractivity contribution in [1.82, 2.24) is 10.2 Å². The Labute approximate surface area is 98.6 Å². The Morgan fingerprint density at radius 1 is 1.25 bits per heavy atom. The highest BCUT2D eigenvalue weighted by Crippen LogP contribution is 2.25. The van der Waals surface area contributed by atoms with Gasteiger partial charge in [0.15, 0.2) is 0 Å². The van der Waals surface area contributed by atoms with Crippen molar-refractivity contribution in [2.24, 2.45) is 0 Å². The van der Waals surface area contributed by atoms with E-state index in [2.05, 4.69) is 10.2 Å². The first kappa shape index (κ1) is 11.9. The summed E-state index contributed by atoms with van der Waals surface area (Å²) in [6, 6.07) is 1.21. The van der Waals surface area contributed by atoms with Crippen LogP contribution in [0.25, 0.3) is 0 Å². The van der Waals surface area contributed by atoms with E-state index < -0.39 is 0 Å². The highest BCUT2D eigenvalue weighted by molar-refractivity contribution is 5.75. The van der Waals surface area contributed by atoms with Crippen LogP contribution in [-0.2, 0) is 4.79 Å². The summed E-state index contributed by atoms with van der Waals surface area (Å²) in [4.78, 5) is 13.9. The van der Waals surface area contributed by atoms with Crippen LogP contribution in [0.2, 0.25) is 0 Å². The number of amides is 1. The minimum absolute atomic E-state index is 0.204. The van der Waals surface area contributed by atoms with Crippen LogP contribution in [0, 0.1) is 0 Å². The molecule has 1 aliphatic heterocycles. The minimum atomic E-state index is 0.204. The van der Waals surface area contributed by atoms with Crippen LogP contribution in [0.15, 0.2) is 0 Å². The van der Waals surface area contributed by atoms with Crippen molar-refractivity contribution in [3.8, 4) is 0 Å². The second kappa shape index (κ2) is 5.67. The average Bonchev–Trinajstić information content (AvgIpc) is 2.78. The normalized spacial score (nSPS) is 28.2. The zero-order valence-electron chi connectivity index (χ0n) is 10.4. The van der Waals surface area contributed by atoms with Crippen LogP contribution in [0.1, 0.15) is 51.9 Å². The van der Waals surface area contributed by atoms with Gasteiger partial charge in [0.25, 0.3) is 0 Å². The molecule has 0 bridgehead atoms. The van der Waals surface area contributed by atoms with E-state index in [0.717, 1.165) is 19.0 Å². The summed E-state index contributed by atoms with van der Waals surface area (Å²) in [5.74, 6) is 0.204. The van der Waals surface area contributed by atoms with Gasteiger partial charge in [0.1, 0.15) is 0 Å². The van der Waals surface area contributed by atoms with Gasteiger partial charge in [0.05, 0.1) is 0 Å². The van der Waals surface area contributed by atoms with Gasteiger partial charge in [0.2, 0.25) is 5.91 Å². The minimum Gasteiger partial charge on any atom is -0.352 e. The summed E-state index contributed by atoms with van der Waals surface area (Å²) in [5, 5.41) is 3.12. The Bertz CT molecular complexity index is 236. The fourth-order valence-corrected chi connectivity index (χ4v) is 3.01. The quantitative estimate of drug-likeness (QED) is 0.794. The third kappa shape index (κ3) is 2.97. The van der Waals surface area contributed by atoms with Gasteiger partial charge in [-0.1, -0.05) is 26.2 Å². The van der Waals surface area contributed by atoms with Crippen LogP contribution >= 0.6 is 0 Å². The van der Waals surface area contributed by atoms with E-state index in [9.17, 15) is 4.79 Å². The highest BCUT2D eigenvalue weighted by Gasteiger charge is 2.29. The lowest BCUT2D eigenvalue weighted by molar-refractivity contribution is -0.121. The summed E-state index contributed by atoms with van der Waals surface area (Å²) >= 11 is 0. The van der Waals surface area contributed by atoms with Crippen molar-refractivity contribution in [2.75, 3.05) is 13.1 Å². The third-order valence-electron chi connectivity index (χ3n) is 4.00. The Balaban J connectivity index is 1.76. The van der Waals surface area contributed by atoms with Gasteiger partial charge in [-0.05, 0) is 19.3 Å². The molecule has 1 amide bonds. The van der Waals surface area contributed by atoms with Crippen LogP contribution in [-0.4, -0.2) is 36.0 Å². The molecule has 1 heterocycles. The van der Waals surface area contributed by atoms with Crippen LogP contribution < -0.4 is 5.32 Å². The van der Waals surface area contributed by atoms with E-state index in [1.165, 1.54) is 38.6 Å². The standard InChI is InChI=1S/C13H24N2O/c1-2-13(16)14-11-8-9-15(10-11)12-6-4-3-5-7-12/h11-12H,2-10H2,1H3,(H,14,16). The van der Waals surface area contributed by atoms with Gasteiger partial charge in [-0.3, -0.25) is 9.69 Å². The average molecular weight is 224 g/mol. The van der Waals surface area contributed by atoms with Gasteiger partial charge in [-0.15, -0.1) is 0 Å². The summed E-state index contributed by atoms with van der Waals surface area (Å²) in [5.41, 5.74) is 0. The summed E-state index contributed by atoms with van der Waals surface area (Å²) in [7, 11) is 0. The Kier molecular flexibility index (Phi) is 4.22. The van der Waals surface area contributed by atoms with Crippen molar-refractivity contribution in [3.63, 3.8) is 0 Å². The molecule has 92 valence electrons. The van der Waals surface area contributed by atoms with E-state index in [1.807, 2.05) is 6.92 Å². The molecule has 1 unspecified atom stereocenters. The molecule has 0 aromatic rings. The number of carbonyl (C=O) groups is 1. The zero-order chi connectivity index (χ0) is 11.4. The summed E-state index contributed by atoms with van der Waals surface area (Å²) in [6.07, 6.45) is 8.70. The van der Waals surface area contributed by atoms with Gasteiger partial charge in [-0.2, -0.15) is 0 Å². The van der Waals surface area contributed by atoms with E-state index in [0.29, 0.717) is 12.5 Å². The predicted octanol–water partition coefficient (Wildman–Crippen LogP) is 1.92. The number of nitrogens with one attached hydrogen (secondary N) is 1. The third-order valence-corrected chi connectivity index (χ3v) is 4.00. The van der Waals surface area contributed by atoms with Crippen molar-refractivity contribution in [2.45, 2.75) is 64.0 Å². The maximum Gasteiger partial charge on any atom is 0.219 e. The Morgan fingerprint density at radius 2 is 2.00 bits per heavy atom. The second-order valence-electron chi connectivity index (χ2n) is 5.19. The van der Waals surface area contributed by atoms with E-state index in [4.69, 9.17) is 0 Å². The number of carbonyl (C=O) groups excluding carboxylic acids is 1. The van der Waals surface area contributed by atoms with Gasteiger partial charge in [0, 0.05) is 31.6 Å². The molecular weight excluding hydrogens is 200 g/mol. The van der Waals surface area contributed by atoms with E-state index >= 15 is 0 Å². The molecule has 0 radical (unpaired) electrons. The van der Waals surface area contributed by atoms with Crippen LogP contribution in [0.5, 0.6) is 0 Å². The lowest BCUT2D eigenvalue weighted by Gasteiger charge is -2.31. The molecule has 2 rings (SSSR count). The fourth-order valence-electron chi connectivity index (χ4n) is 3.01. The molecule has 2 aliphatic rings. The molecule has 1 aliphatic carbocycles. The number of likely N-dealkylation sites (tertiary alicyclic amines) is 1. The molecule has 0 aromatic carbocycles. The van der Waals surface area contributed by atoms with Crippen molar-refractivity contribution in [3.05, 3.63) is 0 Å². The maximum atomic E-state index is 11.3. The molecule has 1 atom stereocenters. The number of hydrogen-bond acceptors (Lipinski definition) is 2. The van der Waals surface area contributed by atoms with Gasteiger partial charge >= 0.3 is 0 Å². The lowest BCUT2D eigenvalue weighted by Crippen LogP contribution is -2.40. The molecule has 1 saturated heterocycles. The zero-order valence-corrected chi connectivity index (χ0v) is 10.4. The Morgan fingerprint density at radius 3 is 2.69 bits per heavy atom. The fraction of sp³-hybridized carbons (Fsp3) is 0.923. The number of nitrogens with zero attached hydrogens (tertiary/aromatic N) is 1. The highest BCUT2D eigenvalue weighted by atomic mass is 16.1. The van der Waals surface area contributed by atoms with E-state index in [-0.39, 0.29) is 5.91 Å². The first-order chi connectivity index (χ1) is 7.79. The molecule has 16 heavy (non-hydrogen) atoms. The molecule has 1 N–H and O–H groups in total. The van der Waals surface area contributed by atoms with Crippen molar-refractivity contribution < 1.29 is 4.79 Å². The van der Waals surface area contributed by atoms with Gasteiger partial charge < -0.3 is 5.32 Å². The first-order valence-corrected chi connectivity index (χ1v) is 6.83. The lowest BCUT2D eigenvalue weighted by atomic mass is 9.94. The molecule has 0 spiro atoms. The topological polar surface area (TPSA) is 32.3 Å². The van der Waals surface area contributed by atoms with Crippen molar-refractivity contribution >= 4 is 5.91 Å². The summed E-state index contributed by atoms with van der Waals surface area (Å²) in [6.45, 7) is 4.18. The molecule has 3 nitrogen and oxygen atoms in total. The van der Waals surface area contributed by atoms with Gasteiger partial charge in [-0.25, -0.2) is 0 Å². The number of rotatable bonds is 3. The molecule has 2 fully saturated rings. The monoisotopic (exact) mass is 224 g/mol. The second-order valence-corrected chi connectivity index (χ2v) is 5.19. The Hall–Kier alpha value is -0.570. The largest absolute Gasteiger partial charge is 0.352 e. The number of hydrogen-bond donors (Lipinski definition) is 1. The van der Waals surface area contributed by atoms with Crippen molar-refractivity contribution in [1.29, 1.82) is 0 Å². The SMILES string of the molecule is CCC(=O)NC1CCN(C2CCCCC2)C1. The van der Waals surface area contributed by atoms with E-state index in [1.54, 1.807) is 0 Å². The molecule has 3 heteroatoms. The smallest absolute Gasteiger partial charge is 0.219 e. The predicted molar refractivity (Wildman–Crippen MR) is 65.3 cm³/mol. The van der Waals surface area contributed by atoms with Crippen LogP contribution in [0.4, 0.5) is 0 Å². The van der Waals surface area contributed by atoms with Crippen LogP contribution in [0.3, 0.4) is 0 Å². The summed E-state index contributed by atoms with van der Waals surface area (Å²) < 4.78 is 0. The maximum absolute atomic E-state index is 11.3. The molecule has 1 saturated carbocycles. The molecular formula is C13H24N2O. The molecule has 0 aromatic heterocycles. The first-order valence-electron chi connectivity index (χ1n) is 6.83.